The molecule has 1 fully saturated rings. The Morgan fingerprint density at radius 2 is 1.94 bits per heavy atom. The lowest BCUT2D eigenvalue weighted by atomic mass is 9.66. The minimum Gasteiger partial charge on any atom is -0.312 e. The van der Waals surface area contributed by atoms with Gasteiger partial charge in [0.2, 0.25) is 0 Å². The maximum atomic E-state index is 6.44. The highest BCUT2D eigenvalue weighted by molar-refractivity contribution is 6.31. The molecule has 1 aromatic rings. The van der Waals surface area contributed by atoms with Crippen molar-refractivity contribution >= 4 is 11.6 Å². The fourth-order valence-electron chi connectivity index (χ4n) is 3.49. The van der Waals surface area contributed by atoms with E-state index in [0.717, 1.165) is 18.1 Å². The van der Waals surface area contributed by atoms with Gasteiger partial charge in [-0.3, -0.25) is 0 Å². The van der Waals surface area contributed by atoms with Gasteiger partial charge in [-0.1, -0.05) is 43.0 Å². The molecule has 1 saturated carbocycles. The first-order valence-corrected chi connectivity index (χ1v) is 6.68. The monoisotopic (exact) mass is 235 g/mol. The molecule has 1 aliphatic carbocycles. The molecule has 0 saturated heterocycles. The molecule has 3 rings (SSSR count). The van der Waals surface area contributed by atoms with E-state index < -0.39 is 0 Å². The predicted molar refractivity (Wildman–Crippen MR) is 67.9 cm³/mol. The van der Waals surface area contributed by atoms with Gasteiger partial charge in [0.15, 0.2) is 0 Å². The van der Waals surface area contributed by atoms with Crippen molar-refractivity contribution < 1.29 is 0 Å². The molecule has 1 heterocycles. The van der Waals surface area contributed by atoms with Crippen molar-refractivity contribution in [2.45, 2.75) is 44.1 Å². The van der Waals surface area contributed by atoms with Gasteiger partial charge in [-0.2, -0.15) is 0 Å². The van der Waals surface area contributed by atoms with Crippen molar-refractivity contribution in [3.63, 3.8) is 0 Å². The molecule has 0 amide bonds. The van der Waals surface area contributed by atoms with Crippen LogP contribution in [-0.4, -0.2) is 6.54 Å². The summed E-state index contributed by atoms with van der Waals surface area (Å²) in [4.78, 5) is 0. The van der Waals surface area contributed by atoms with E-state index >= 15 is 0 Å². The minimum atomic E-state index is 0.337. The van der Waals surface area contributed by atoms with Gasteiger partial charge >= 0.3 is 0 Å². The lowest BCUT2D eigenvalue weighted by Crippen LogP contribution is -2.44. The second-order valence-electron chi connectivity index (χ2n) is 5.22. The number of nitrogens with one attached hydrogen (secondary N) is 1. The van der Waals surface area contributed by atoms with Crippen LogP contribution in [0, 0.1) is 0 Å². The summed E-state index contributed by atoms with van der Waals surface area (Å²) in [5.41, 5.74) is 3.21. The van der Waals surface area contributed by atoms with Gasteiger partial charge in [-0.15, -0.1) is 0 Å². The third kappa shape index (κ3) is 1.57. The zero-order valence-corrected chi connectivity index (χ0v) is 10.3. The maximum Gasteiger partial charge on any atom is 0.0447 e. The van der Waals surface area contributed by atoms with Gasteiger partial charge < -0.3 is 5.32 Å². The molecule has 1 aliphatic heterocycles. The van der Waals surface area contributed by atoms with Crippen LogP contribution in [0.4, 0.5) is 0 Å². The third-order valence-corrected chi connectivity index (χ3v) is 4.53. The average Bonchev–Trinajstić information content (AvgIpc) is 2.30. The molecule has 0 aromatic heterocycles. The van der Waals surface area contributed by atoms with Gasteiger partial charge in [-0.25, -0.2) is 0 Å². The van der Waals surface area contributed by atoms with Crippen LogP contribution in [0.25, 0.3) is 0 Å². The Labute approximate surface area is 102 Å². The highest BCUT2D eigenvalue weighted by Crippen LogP contribution is 2.45. The Morgan fingerprint density at radius 1 is 1.12 bits per heavy atom. The lowest BCUT2D eigenvalue weighted by Gasteiger charge is -2.43. The second-order valence-corrected chi connectivity index (χ2v) is 5.63. The molecule has 2 aliphatic rings. The standard InChI is InChI=1S/C14H18ClN/c15-12-6-4-5-11-9-16-10-14(13(11)12)7-2-1-3-8-14/h4-6,16H,1-3,7-10H2. The maximum absolute atomic E-state index is 6.44. The summed E-state index contributed by atoms with van der Waals surface area (Å²) >= 11 is 6.44. The van der Waals surface area contributed by atoms with Crippen molar-refractivity contribution in [3.8, 4) is 0 Å². The molecule has 0 bridgehead atoms. The number of rotatable bonds is 0. The van der Waals surface area contributed by atoms with Crippen molar-refractivity contribution in [2.75, 3.05) is 6.54 Å². The molecule has 86 valence electrons. The second kappa shape index (κ2) is 4.05. The molecular formula is C14H18ClN. The molecule has 1 nitrogen and oxygen atoms in total. The number of benzene rings is 1. The molecular weight excluding hydrogens is 218 g/mol. The first kappa shape index (κ1) is 10.6. The summed E-state index contributed by atoms with van der Waals surface area (Å²) in [6.07, 6.45) is 6.70. The molecule has 0 radical (unpaired) electrons. The number of halogens is 1. The van der Waals surface area contributed by atoms with Crippen molar-refractivity contribution in [3.05, 3.63) is 34.3 Å². The zero-order valence-electron chi connectivity index (χ0n) is 9.56. The van der Waals surface area contributed by atoms with E-state index in [-0.39, 0.29) is 0 Å². The number of hydrogen-bond acceptors (Lipinski definition) is 1. The van der Waals surface area contributed by atoms with Gasteiger partial charge in [0.25, 0.3) is 0 Å². The molecule has 1 spiro atoms. The van der Waals surface area contributed by atoms with Gasteiger partial charge in [0.05, 0.1) is 0 Å². The molecule has 2 heteroatoms. The van der Waals surface area contributed by atoms with E-state index in [0.29, 0.717) is 5.41 Å². The van der Waals surface area contributed by atoms with Crippen LogP contribution in [0.5, 0.6) is 0 Å². The number of hydrogen-bond donors (Lipinski definition) is 1. The van der Waals surface area contributed by atoms with Crippen molar-refractivity contribution in [2.24, 2.45) is 0 Å². The van der Waals surface area contributed by atoms with Crippen LogP contribution in [-0.2, 0) is 12.0 Å². The highest BCUT2D eigenvalue weighted by atomic mass is 35.5. The van der Waals surface area contributed by atoms with E-state index in [1.54, 1.807) is 0 Å². The normalized spacial score (nSPS) is 23.1. The Bertz CT molecular complexity index is 394. The Balaban J connectivity index is 2.10. The van der Waals surface area contributed by atoms with E-state index in [4.69, 9.17) is 11.6 Å². The topological polar surface area (TPSA) is 12.0 Å². The smallest absolute Gasteiger partial charge is 0.0447 e. The van der Waals surface area contributed by atoms with Crippen LogP contribution in [0.2, 0.25) is 5.02 Å². The molecule has 0 unspecified atom stereocenters. The summed E-state index contributed by atoms with van der Waals surface area (Å²) in [5, 5.41) is 4.56. The Morgan fingerprint density at radius 3 is 2.75 bits per heavy atom. The summed E-state index contributed by atoms with van der Waals surface area (Å²) in [6.45, 7) is 2.10. The van der Waals surface area contributed by atoms with Crippen LogP contribution in [0.1, 0.15) is 43.2 Å². The SMILES string of the molecule is Clc1cccc2c1C1(CCCCC1)CNC2. The first-order chi connectivity index (χ1) is 7.82. The first-order valence-electron chi connectivity index (χ1n) is 6.30. The number of fused-ring (bicyclic) bond motifs is 2. The van der Waals surface area contributed by atoms with E-state index in [1.165, 1.54) is 43.2 Å². The zero-order chi connectivity index (χ0) is 11.0. The van der Waals surface area contributed by atoms with E-state index in [1.807, 2.05) is 0 Å². The molecule has 1 N–H and O–H groups in total. The van der Waals surface area contributed by atoms with Crippen LogP contribution in [0.3, 0.4) is 0 Å². The van der Waals surface area contributed by atoms with Crippen LogP contribution in [0.15, 0.2) is 18.2 Å². The van der Waals surface area contributed by atoms with E-state index in [2.05, 4.69) is 23.5 Å². The molecule has 0 atom stereocenters. The van der Waals surface area contributed by atoms with Crippen molar-refractivity contribution in [1.29, 1.82) is 0 Å². The summed E-state index contributed by atoms with van der Waals surface area (Å²) in [5.74, 6) is 0. The summed E-state index contributed by atoms with van der Waals surface area (Å²) < 4.78 is 0. The van der Waals surface area contributed by atoms with E-state index in [9.17, 15) is 0 Å². The highest BCUT2D eigenvalue weighted by Gasteiger charge is 2.38. The average molecular weight is 236 g/mol. The largest absolute Gasteiger partial charge is 0.312 e. The Hall–Kier alpha value is -0.530. The van der Waals surface area contributed by atoms with Crippen molar-refractivity contribution in [1.82, 2.24) is 5.32 Å². The fourth-order valence-corrected chi connectivity index (χ4v) is 3.88. The van der Waals surface area contributed by atoms with Crippen LogP contribution >= 0.6 is 11.6 Å². The van der Waals surface area contributed by atoms with Gasteiger partial charge in [0.1, 0.15) is 0 Å². The summed E-state index contributed by atoms with van der Waals surface area (Å²) in [6, 6.07) is 6.36. The predicted octanol–water partition coefficient (Wildman–Crippen LogP) is 3.65. The molecule has 16 heavy (non-hydrogen) atoms. The fraction of sp³-hybridized carbons (Fsp3) is 0.571. The Kier molecular flexibility index (Phi) is 2.68. The minimum absolute atomic E-state index is 0.337. The van der Waals surface area contributed by atoms with Gasteiger partial charge in [0, 0.05) is 23.5 Å². The molecule has 1 aromatic carbocycles. The van der Waals surface area contributed by atoms with Crippen LogP contribution < -0.4 is 5.32 Å². The summed E-state index contributed by atoms with van der Waals surface area (Å²) in [7, 11) is 0. The third-order valence-electron chi connectivity index (χ3n) is 4.22. The quantitative estimate of drug-likeness (QED) is 0.724. The van der Waals surface area contributed by atoms with Gasteiger partial charge in [-0.05, 0) is 30.0 Å². The lowest BCUT2D eigenvalue weighted by molar-refractivity contribution is 0.265.